The lowest BCUT2D eigenvalue weighted by Crippen LogP contribution is -2.46. The van der Waals surface area contributed by atoms with Crippen molar-refractivity contribution in [1.82, 2.24) is 10.6 Å². The van der Waals surface area contributed by atoms with Crippen molar-refractivity contribution in [3.8, 4) is 5.75 Å². The van der Waals surface area contributed by atoms with Crippen LogP contribution in [0.1, 0.15) is 31.1 Å². The number of carbonyl (C=O) groups is 2. The minimum absolute atomic E-state index is 0.171. The number of carboxylic acid groups (broad SMARTS) is 1. The van der Waals surface area contributed by atoms with Crippen molar-refractivity contribution in [3.63, 3.8) is 0 Å². The number of hydrogen-bond acceptors (Lipinski definition) is 5. The molecule has 1 aliphatic rings. The summed E-state index contributed by atoms with van der Waals surface area (Å²) in [6.07, 6.45) is 0. The molecular weight excluding hydrogens is 364 g/mol. The molecule has 0 radical (unpaired) electrons. The number of hydrogen-bond donors (Lipinski definition) is 3. The van der Waals surface area contributed by atoms with Gasteiger partial charge in [0.15, 0.2) is 0 Å². The number of amides is 1. The number of thioether (sulfide) groups is 1. The fraction of sp³-hybridized carbons (Fsp3) is 0.400. The van der Waals surface area contributed by atoms with Crippen molar-refractivity contribution in [1.29, 1.82) is 0 Å². The number of benzene rings is 2. The zero-order valence-electron chi connectivity index (χ0n) is 15.6. The highest BCUT2D eigenvalue weighted by Crippen LogP contribution is 2.37. The highest BCUT2D eigenvalue weighted by molar-refractivity contribution is 8.01. The van der Waals surface area contributed by atoms with Crippen LogP contribution in [0.5, 0.6) is 5.75 Å². The van der Waals surface area contributed by atoms with E-state index in [1.54, 1.807) is 0 Å². The molecular formula is C20H24N2O4S. The van der Waals surface area contributed by atoms with Gasteiger partial charge in [-0.05, 0) is 37.6 Å². The van der Waals surface area contributed by atoms with Gasteiger partial charge in [0.2, 0.25) is 0 Å². The molecule has 1 amide bonds. The number of carbonyl (C=O) groups excluding carboxylic acids is 1. The summed E-state index contributed by atoms with van der Waals surface area (Å²) < 4.78 is 5.21. The Balaban J connectivity index is 1.79. The summed E-state index contributed by atoms with van der Waals surface area (Å²) in [7, 11) is 0. The molecule has 2 aromatic carbocycles. The molecule has 0 aromatic heterocycles. The summed E-state index contributed by atoms with van der Waals surface area (Å²) >= 11 is 1.52. The van der Waals surface area contributed by atoms with Gasteiger partial charge in [-0.25, -0.2) is 0 Å². The first-order chi connectivity index (χ1) is 12.8. The Labute approximate surface area is 162 Å². The van der Waals surface area contributed by atoms with Gasteiger partial charge in [-0.1, -0.05) is 30.3 Å². The third-order valence-corrected chi connectivity index (χ3v) is 6.04. The number of carboxylic acids is 1. The number of aliphatic carboxylic acids is 1. The summed E-state index contributed by atoms with van der Waals surface area (Å²) in [5.41, 5.74) is 0.506. The highest BCUT2D eigenvalue weighted by atomic mass is 32.2. The Hall–Kier alpha value is -2.25. The maximum Gasteiger partial charge on any atom is 0.322 e. The third kappa shape index (κ3) is 4.04. The van der Waals surface area contributed by atoms with Crippen molar-refractivity contribution < 1.29 is 19.4 Å². The molecule has 1 heterocycles. The van der Waals surface area contributed by atoms with Gasteiger partial charge >= 0.3 is 5.97 Å². The summed E-state index contributed by atoms with van der Waals surface area (Å²) in [5, 5.41) is 17.0. The fourth-order valence-corrected chi connectivity index (χ4v) is 4.77. The van der Waals surface area contributed by atoms with E-state index < -0.39 is 16.8 Å². The molecule has 0 aliphatic carbocycles. The number of nitrogens with one attached hydrogen (secondary N) is 2. The van der Waals surface area contributed by atoms with Crippen LogP contribution in [-0.2, 0) is 4.79 Å². The monoisotopic (exact) mass is 388 g/mol. The minimum atomic E-state index is -0.881. The van der Waals surface area contributed by atoms with Crippen LogP contribution in [-0.4, -0.2) is 46.3 Å². The van der Waals surface area contributed by atoms with E-state index in [4.69, 9.17) is 4.74 Å². The van der Waals surface area contributed by atoms with E-state index in [0.29, 0.717) is 24.5 Å². The van der Waals surface area contributed by atoms with E-state index in [0.717, 1.165) is 10.8 Å². The molecule has 0 bridgehead atoms. The normalized spacial score (nSPS) is 21.1. The molecule has 0 spiro atoms. The van der Waals surface area contributed by atoms with Crippen molar-refractivity contribution in [2.24, 2.45) is 0 Å². The van der Waals surface area contributed by atoms with Crippen molar-refractivity contribution >= 4 is 34.4 Å². The second-order valence-corrected chi connectivity index (χ2v) is 8.81. The smallest absolute Gasteiger partial charge is 0.322 e. The predicted molar refractivity (Wildman–Crippen MR) is 107 cm³/mol. The zero-order valence-corrected chi connectivity index (χ0v) is 16.4. The minimum Gasteiger partial charge on any atom is -0.493 e. The second kappa shape index (κ2) is 7.78. The quantitative estimate of drug-likeness (QED) is 0.705. The lowest BCUT2D eigenvalue weighted by atomic mass is 10.0. The molecule has 0 saturated carbocycles. The number of rotatable bonds is 6. The molecule has 6 nitrogen and oxygen atoms in total. The Kier molecular flexibility index (Phi) is 5.62. The van der Waals surface area contributed by atoms with Crippen LogP contribution in [0.25, 0.3) is 10.8 Å². The van der Waals surface area contributed by atoms with Gasteiger partial charge in [0.05, 0.1) is 17.5 Å². The summed E-state index contributed by atoms with van der Waals surface area (Å²) in [6.45, 7) is 6.45. The van der Waals surface area contributed by atoms with E-state index in [1.165, 1.54) is 11.8 Å². The topological polar surface area (TPSA) is 87.7 Å². The Morgan fingerprint density at radius 3 is 2.67 bits per heavy atom. The standard InChI is InChI=1S/C20H24N2O4S/c1-4-26-14-10-9-12-7-5-6-8-13(12)16(14)18(23)21-11-15-22-17(19(24)25)20(2,3)27-15/h5-10,15,17,22H,4,11H2,1-3H3,(H,21,23)(H,24,25)/t15-,17+/m1/s1. The maximum absolute atomic E-state index is 12.9. The van der Waals surface area contributed by atoms with E-state index in [-0.39, 0.29) is 11.3 Å². The molecule has 1 aliphatic heterocycles. The SMILES string of the molecule is CCOc1ccc2ccccc2c1C(=O)NC[C@@H]1N[C@@H](C(=O)O)C(C)(C)S1. The Morgan fingerprint density at radius 1 is 1.26 bits per heavy atom. The average molecular weight is 388 g/mol. The third-order valence-electron chi connectivity index (χ3n) is 4.61. The van der Waals surface area contributed by atoms with Crippen LogP contribution in [0, 0.1) is 0 Å². The summed E-state index contributed by atoms with van der Waals surface area (Å²) in [6, 6.07) is 10.8. The molecule has 27 heavy (non-hydrogen) atoms. The summed E-state index contributed by atoms with van der Waals surface area (Å²) in [4.78, 5) is 24.3. The predicted octanol–water partition coefficient (Wildman–Crippen LogP) is 2.86. The lowest BCUT2D eigenvalue weighted by molar-refractivity contribution is -0.139. The molecule has 0 unspecified atom stereocenters. The molecule has 1 fully saturated rings. The highest BCUT2D eigenvalue weighted by Gasteiger charge is 2.45. The molecule has 7 heteroatoms. The zero-order chi connectivity index (χ0) is 19.6. The van der Waals surface area contributed by atoms with Crippen molar-refractivity contribution in [3.05, 3.63) is 42.0 Å². The van der Waals surface area contributed by atoms with E-state index in [1.807, 2.05) is 57.2 Å². The van der Waals surface area contributed by atoms with Crippen LogP contribution < -0.4 is 15.4 Å². The van der Waals surface area contributed by atoms with Crippen molar-refractivity contribution in [2.45, 2.75) is 36.9 Å². The number of fused-ring (bicyclic) bond motifs is 1. The van der Waals surface area contributed by atoms with Crippen LogP contribution in [0.3, 0.4) is 0 Å². The Bertz CT molecular complexity index is 868. The van der Waals surface area contributed by atoms with Gasteiger partial charge in [-0.3, -0.25) is 14.9 Å². The second-order valence-electron chi connectivity index (χ2n) is 6.95. The van der Waals surface area contributed by atoms with E-state index >= 15 is 0 Å². The van der Waals surface area contributed by atoms with Crippen LogP contribution in [0.4, 0.5) is 0 Å². The summed E-state index contributed by atoms with van der Waals surface area (Å²) in [5.74, 6) is -0.562. The van der Waals surface area contributed by atoms with Gasteiger partial charge in [0.25, 0.3) is 5.91 Å². The van der Waals surface area contributed by atoms with Crippen LogP contribution in [0.2, 0.25) is 0 Å². The van der Waals surface area contributed by atoms with Gasteiger partial charge < -0.3 is 15.2 Å². The molecule has 2 atom stereocenters. The molecule has 3 N–H and O–H groups in total. The average Bonchev–Trinajstić information content (AvgIpc) is 2.94. The lowest BCUT2D eigenvalue weighted by Gasteiger charge is -2.20. The Morgan fingerprint density at radius 2 is 2.00 bits per heavy atom. The maximum atomic E-state index is 12.9. The number of ether oxygens (including phenoxy) is 1. The largest absolute Gasteiger partial charge is 0.493 e. The fourth-order valence-electron chi connectivity index (χ4n) is 3.36. The van der Waals surface area contributed by atoms with Gasteiger partial charge in [-0.2, -0.15) is 0 Å². The first kappa shape index (κ1) is 19.5. The van der Waals surface area contributed by atoms with E-state index in [9.17, 15) is 14.7 Å². The van der Waals surface area contributed by atoms with Gasteiger partial charge in [0.1, 0.15) is 11.8 Å². The van der Waals surface area contributed by atoms with Gasteiger partial charge in [-0.15, -0.1) is 11.8 Å². The van der Waals surface area contributed by atoms with Crippen LogP contribution >= 0.6 is 11.8 Å². The molecule has 2 aromatic rings. The molecule has 3 rings (SSSR count). The van der Waals surface area contributed by atoms with Gasteiger partial charge in [0, 0.05) is 11.3 Å². The molecule has 1 saturated heterocycles. The van der Waals surface area contributed by atoms with Crippen LogP contribution in [0.15, 0.2) is 36.4 Å². The molecule has 144 valence electrons. The first-order valence-electron chi connectivity index (χ1n) is 8.93. The van der Waals surface area contributed by atoms with Crippen molar-refractivity contribution in [2.75, 3.05) is 13.2 Å². The van der Waals surface area contributed by atoms with E-state index in [2.05, 4.69) is 10.6 Å². The first-order valence-corrected chi connectivity index (χ1v) is 9.81.